The molecule has 0 fully saturated rings. The molecule has 0 amide bonds. The molecule has 0 radical (unpaired) electrons. The summed E-state index contributed by atoms with van der Waals surface area (Å²) in [6, 6.07) is 0. The van der Waals surface area contributed by atoms with Crippen molar-refractivity contribution in [3.05, 3.63) is 22.7 Å². The van der Waals surface area contributed by atoms with Crippen LogP contribution in [0, 0.1) is 13.8 Å². The van der Waals surface area contributed by atoms with Crippen LogP contribution >= 0.6 is 22.9 Å². The predicted octanol–water partition coefficient (Wildman–Crippen LogP) is 3.15. The van der Waals surface area contributed by atoms with Gasteiger partial charge in [0.15, 0.2) is 0 Å². The Bertz CT molecular complexity index is 449. The van der Waals surface area contributed by atoms with Crippen molar-refractivity contribution in [2.24, 2.45) is 0 Å². The topological polar surface area (TPSA) is 38.9 Å². The largest absolute Gasteiger partial charge is 0.443 e. The minimum absolute atomic E-state index is 0.375. The van der Waals surface area contributed by atoms with Gasteiger partial charge in [-0.2, -0.15) is 0 Å². The molecule has 74 valence electrons. The number of aromatic nitrogens is 2. The van der Waals surface area contributed by atoms with E-state index in [-0.39, 0.29) is 0 Å². The fourth-order valence-corrected chi connectivity index (χ4v) is 2.18. The highest BCUT2D eigenvalue weighted by molar-refractivity contribution is 7.15. The van der Waals surface area contributed by atoms with Gasteiger partial charge in [-0.25, -0.2) is 9.97 Å². The van der Waals surface area contributed by atoms with Crippen LogP contribution in [0.15, 0.2) is 10.7 Å². The number of nitrogens with zero attached hydrogens (tertiary/aromatic N) is 2. The summed E-state index contributed by atoms with van der Waals surface area (Å²) in [5.41, 5.74) is 1.71. The van der Waals surface area contributed by atoms with Crippen LogP contribution in [0.2, 0.25) is 0 Å². The zero-order valence-corrected chi connectivity index (χ0v) is 9.45. The second-order valence-corrected chi connectivity index (χ2v) is 4.40. The normalized spacial score (nSPS) is 10.8. The Morgan fingerprint density at radius 1 is 1.43 bits per heavy atom. The molecule has 0 aromatic carbocycles. The van der Waals surface area contributed by atoms with Crippen molar-refractivity contribution < 1.29 is 4.42 Å². The average Bonchev–Trinajstić information content (AvgIpc) is 2.71. The standard InChI is InChI=1S/C9H9ClN2OS/c1-5-8(14-6(2)11-5)9-12-7(3-10)4-13-9/h4H,3H2,1-2H3. The van der Waals surface area contributed by atoms with E-state index in [0.717, 1.165) is 21.3 Å². The summed E-state index contributed by atoms with van der Waals surface area (Å²) >= 11 is 7.22. The second kappa shape index (κ2) is 3.71. The molecule has 0 spiro atoms. The number of aryl methyl sites for hydroxylation is 2. The summed E-state index contributed by atoms with van der Waals surface area (Å²) in [6.45, 7) is 3.91. The van der Waals surface area contributed by atoms with Crippen LogP contribution in [0.25, 0.3) is 10.8 Å². The van der Waals surface area contributed by atoms with Gasteiger partial charge in [-0.05, 0) is 13.8 Å². The van der Waals surface area contributed by atoms with E-state index in [4.69, 9.17) is 16.0 Å². The minimum atomic E-state index is 0.375. The Kier molecular flexibility index (Phi) is 2.56. The van der Waals surface area contributed by atoms with Gasteiger partial charge < -0.3 is 4.42 Å². The van der Waals surface area contributed by atoms with Gasteiger partial charge in [0.1, 0.15) is 11.1 Å². The predicted molar refractivity (Wildman–Crippen MR) is 56.6 cm³/mol. The van der Waals surface area contributed by atoms with Crippen molar-refractivity contribution in [2.75, 3.05) is 0 Å². The van der Waals surface area contributed by atoms with E-state index in [9.17, 15) is 0 Å². The molecular weight excluding hydrogens is 220 g/mol. The maximum absolute atomic E-state index is 5.64. The number of hydrogen-bond acceptors (Lipinski definition) is 4. The Morgan fingerprint density at radius 3 is 2.71 bits per heavy atom. The lowest BCUT2D eigenvalue weighted by Crippen LogP contribution is -1.79. The number of halogens is 1. The van der Waals surface area contributed by atoms with Gasteiger partial charge in [-0.3, -0.25) is 0 Å². The van der Waals surface area contributed by atoms with Crippen LogP contribution in [0.3, 0.4) is 0 Å². The van der Waals surface area contributed by atoms with Gasteiger partial charge in [0.25, 0.3) is 0 Å². The molecule has 0 saturated carbocycles. The van der Waals surface area contributed by atoms with Crippen LogP contribution in [-0.4, -0.2) is 9.97 Å². The zero-order valence-electron chi connectivity index (χ0n) is 7.87. The molecule has 2 rings (SSSR count). The van der Waals surface area contributed by atoms with Crippen molar-refractivity contribution in [1.82, 2.24) is 9.97 Å². The molecule has 0 aliphatic carbocycles. The van der Waals surface area contributed by atoms with Gasteiger partial charge in [0.2, 0.25) is 5.89 Å². The van der Waals surface area contributed by atoms with Crippen LogP contribution in [0.4, 0.5) is 0 Å². The van der Waals surface area contributed by atoms with Gasteiger partial charge in [-0.1, -0.05) is 0 Å². The Balaban J connectivity index is 2.43. The summed E-state index contributed by atoms with van der Waals surface area (Å²) in [6.07, 6.45) is 1.58. The van der Waals surface area contributed by atoms with Crippen molar-refractivity contribution >= 4 is 22.9 Å². The van der Waals surface area contributed by atoms with Gasteiger partial charge >= 0.3 is 0 Å². The van der Waals surface area contributed by atoms with E-state index in [1.807, 2.05) is 13.8 Å². The quantitative estimate of drug-likeness (QED) is 0.742. The van der Waals surface area contributed by atoms with Crippen LogP contribution in [-0.2, 0) is 5.88 Å². The lowest BCUT2D eigenvalue weighted by molar-refractivity contribution is 0.574. The van der Waals surface area contributed by atoms with E-state index in [1.165, 1.54) is 0 Å². The molecule has 0 saturated heterocycles. The average molecular weight is 229 g/mol. The molecule has 0 bridgehead atoms. The van der Waals surface area contributed by atoms with E-state index in [2.05, 4.69) is 9.97 Å². The third-order valence-corrected chi connectivity index (χ3v) is 3.12. The number of alkyl halides is 1. The molecule has 14 heavy (non-hydrogen) atoms. The first-order chi connectivity index (χ1) is 6.70. The summed E-state index contributed by atoms with van der Waals surface area (Å²) in [5.74, 6) is 0.990. The summed E-state index contributed by atoms with van der Waals surface area (Å²) in [7, 11) is 0. The maximum Gasteiger partial charge on any atom is 0.238 e. The molecule has 2 aromatic heterocycles. The molecule has 0 aliphatic rings. The van der Waals surface area contributed by atoms with Crippen molar-refractivity contribution in [3.63, 3.8) is 0 Å². The van der Waals surface area contributed by atoms with E-state index >= 15 is 0 Å². The Labute approximate surface area is 90.8 Å². The molecule has 0 unspecified atom stereocenters. The number of hydrogen-bond donors (Lipinski definition) is 0. The number of rotatable bonds is 2. The summed E-state index contributed by atoms with van der Waals surface area (Å²) in [4.78, 5) is 9.54. The molecule has 2 aromatic rings. The number of oxazole rings is 1. The molecule has 5 heteroatoms. The fourth-order valence-electron chi connectivity index (χ4n) is 1.20. The third kappa shape index (κ3) is 1.67. The third-order valence-electron chi connectivity index (χ3n) is 1.79. The zero-order chi connectivity index (χ0) is 10.1. The van der Waals surface area contributed by atoms with Gasteiger partial charge in [-0.15, -0.1) is 22.9 Å². The Hall–Kier alpha value is -0.870. The SMILES string of the molecule is Cc1nc(C)c(-c2nc(CCl)co2)s1. The highest BCUT2D eigenvalue weighted by Gasteiger charge is 2.12. The van der Waals surface area contributed by atoms with Crippen molar-refractivity contribution in [2.45, 2.75) is 19.7 Å². The molecule has 0 atom stereocenters. The van der Waals surface area contributed by atoms with E-state index in [0.29, 0.717) is 11.8 Å². The molecule has 3 nitrogen and oxygen atoms in total. The van der Waals surface area contributed by atoms with Crippen LogP contribution in [0.5, 0.6) is 0 Å². The van der Waals surface area contributed by atoms with Crippen molar-refractivity contribution in [1.29, 1.82) is 0 Å². The van der Waals surface area contributed by atoms with Crippen LogP contribution in [0.1, 0.15) is 16.4 Å². The summed E-state index contributed by atoms with van der Waals surface area (Å²) in [5, 5.41) is 1.02. The highest BCUT2D eigenvalue weighted by atomic mass is 35.5. The van der Waals surface area contributed by atoms with Crippen LogP contribution < -0.4 is 0 Å². The first-order valence-electron chi connectivity index (χ1n) is 4.15. The molecular formula is C9H9ClN2OS. The highest BCUT2D eigenvalue weighted by Crippen LogP contribution is 2.28. The molecule has 0 aliphatic heterocycles. The minimum Gasteiger partial charge on any atom is -0.443 e. The fraction of sp³-hybridized carbons (Fsp3) is 0.333. The molecule has 0 N–H and O–H groups in total. The van der Waals surface area contributed by atoms with E-state index in [1.54, 1.807) is 17.6 Å². The first-order valence-corrected chi connectivity index (χ1v) is 5.50. The van der Waals surface area contributed by atoms with Gasteiger partial charge in [0.05, 0.1) is 22.3 Å². The number of thiazole rings is 1. The second-order valence-electron chi connectivity index (χ2n) is 2.93. The summed E-state index contributed by atoms with van der Waals surface area (Å²) < 4.78 is 5.31. The first kappa shape index (κ1) is 9.68. The van der Waals surface area contributed by atoms with Gasteiger partial charge in [0, 0.05) is 0 Å². The monoisotopic (exact) mass is 228 g/mol. The lowest BCUT2D eigenvalue weighted by Gasteiger charge is -1.88. The van der Waals surface area contributed by atoms with E-state index < -0.39 is 0 Å². The smallest absolute Gasteiger partial charge is 0.238 e. The lowest BCUT2D eigenvalue weighted by atomic mass is 10.4. The maximum atomic E-state index is 5.64. The Morgan fingerprint density at radius 2 is 2.21 bits per heavy atom. The molecule has 2 heterocycles. The van der Waals surface area contributed by atoms with Crippen molar-refractivity contribution in [3.8, 4) is 10.8 Å².